The second kappa shape index (κ2) is 16.7. The number of allylic oxidation sites excluding steroid dienone is 1. The summed E-state index contributed by atoms with van der Waals surface area (Å²) < 4.78 is 0. The van der Waals surface area contributed by atoms with Crippen molar-refractivity contribution in [3.63, 3.8) is 0 Å². The molecular weight excluding hydrogens is 358 g/mol. The average Bonchev–Trinajstić information content (AvgIpc) is 3.04. The number of amides is 2. The summed E-state index contributed by atoms with van der Waals surface area (Å²) in [5, 5.41) is 0. The van der Waals surface area contributed by atoms with Crippen LogP contribution in [0.5, 0.6) is 0 Å². The van der Waals surface area contributed by atoms with Gasteiger partial charge in [-0.05, 0) is 19.8 Å². The number of hydrogen-bond donors (Lipinski definition) is 0. The summed E-state index contributed by atoms with van der Waals surface area (Å²) >= 11 is 0. The molecule has 1 unspecified atom stereocenters. The van der Waals surface area contributed by atoms with Crippen LogP contribution in [0, 0.1) is 0 Å². The third-order valence-corrected chi connectivity index (χ3v) is 6.28. The van der Waals surface area contributed by atoms with Gasteiger partial charge in [0.2, 0.25) is 11.8 Å². The molecule has 0 saturated carbocycles. The molecule has 0 aromatic carbocycles. The highest BCUT2D eigenvalue weighted by molar-refractivity contribution is 6.02. The van der Waals surface area contributed by atoms with Gasteiger partial charge in [0.1, 0.15) is 0 Å². The molecule has 1 fully saturated rings. The fourth-order valence-electron chi connectivity index (χ4n) is 4.35. The lowest BCUT2D eigenvalue weighted by Gasteiger charge is -2.27. The van der Waals surface area contributed by atoms with Crippen molar-refractivity contribution in [3.8, 4) is 0 Å². The first-order valence-electron chi connectivity index (χ1n) is 12.6. The average molecular weight is 406 g/mol. The van der Waals surface area contributed by atoms with Gasteiger partial charge in [0.25, 0.3) is 0 Å². The molecule has 2 amide bonds. The van der Waals surface area contributed by atoms with Gasteiger partial charge in [-0.25, -0.2) is 0 Å². The van der Waals surface area contributed by atoms with E-state index in [1.165, 1.54) is 89.0 Å². The normalized spacial score (nSPS) is 16.1. The zero-order valence-corrected chi connectivity index (χ0v) is 19.6. The highest BCUT2D eigenvalue weighted by atomic mass is 16.2. The number of carbonyl (C=O) groups is 2. The molecule has 0 bridgehead atoms. The fraction of sp³-hybridized carbons (Fsp3) is 0.846. The number of nitrogens with zero attached hydrogens (tertiary/aromatic N) is 1. The lowest BCUT2D eigenvalue weighted by atomic mass is 9.97. The predicted molar refractivity (Wildman–Crippen MR) is 124 cm³/mol. The van der Waals surface area contributed by atoms with Crippen molar-refractivity contribution in [2.24, 2.45) is 0 Å². The highest BCUT2D eigenvalue weighted by Crippen LogP contribution is 2.25. The molecule has 1 rings (SSSR count). The summed E-state index contributed by atoms with van der Waals surface area (Å²) in [5.41, 5.74) is 1.21. The van der Waals surface area contributed by atoms with E-state index in [2.05, 4.69) is 26.8 Å². The third kappa shape index (κ3) is 11.0. The maximum absolute atomic E-state index is 12.3. The summed E-state index contributed by atoms with van der Waals surface area (Å²) in [6.07, 6.45) is 23.4. The molecule has 3 heteroatoms. The third-order valence-electron chi connectivity index (χ3n) is 6.28. The fourth-order valence-corrected chi connectivity index (χ4v) is 4.35. The van der Waals surface area contributed by atoms with Crippen molar-refractivity contribution >= 4 is 11.8 Å². The van der Waals surface area contributed by atoms with Crippen molar-refractivity contribution < 1.29 is 9.59 Å². The Morgan fingerprint density at radius 1 is 0.759 bits per heavy atom. The van der Waals surface area contributed by atoms with Crippen molar-refractivity contribution in [3.05, 3.63) is 11.6 Å². The first-order valence-corrected chi connectivity index (χ1v) is 12.6. The van der Waals surface area contributed by atoms with Gasteiger partial charge in [-0.2, -0.15) is 0 Å². The summed E-state index contributed by atoms with van der Waals surface area (Å²) in [5.74, 6) is 0.0596. The summed E-state index contributed by atoms with van der Waals surface area (Å²) in [6.45, 7) is 6.58. The molecule has 1 aliphatic heterocycles. The smallest absolute Gasteiger partial charge is 0.230 e. The number of imide groups is 1. The Balaban J connectivity index is 2.26. The van der Waals surface area contributed by atoms with Crippen molar-refractivity contribution in [2.45, 2.75) is 142 Å². The monoisotopic (exact) mass is 405 g/mol. The zero-order chi connectivity index (χ0) is 21.3. The highest BCUT2D eigenvalue weighted by Gasteiger charge is 2.35. The van der Waals surface area contributed by atoms with Crippen LogP contribution >= 0.6 is 0 Å². The van der Waals surface area contributed by atoms with E-state index in [-0.39, 0.29) is 17.9 Å². The molecule has 0 aromatic rings. The van der Waals surface area contributed by atoms with Crippen molar-refractivity contribution in [2.75, 3.05) is 0 Å². The van der Waals surface area contributed by atoms with E-state index in [0.29, 0.717) is 12.8 Å². The Morgan fingerprint density at radius 2 is 1.21 bits per heavy atom. The van der Waals surface area contributed by atoms with Gasteiger partial charge >= 0.3 is 0 Å². The SMILES string of the molecule is CCCC/C=C(\C)C(CCCCCCCCCCCCCC)N1C(=O)CCC1=O. The molecule has 0 aliphatic carbocycles. The molecule has 168 valence electrons. The van der Waals surface area contributed by atoms with E-state index in [1.807, 2.05) is 0 Å². The standard InChI is InChI=1S/C26H47NO2/c1-4-6-8-9-10-11-12-13-14-15-16-18-20-24(23(3)19-17-7-5-2)27-25(28)21-22-26(27)29/h19,24H,4-18,20-22H2,1-3H3/b23-19+. The Morgan fingerprint density at radius 3 is 1.69 bits per heavy atom. The van der Waals surface area contributed by atoms with Crippen LogP contribution in [0.1, 0.15) is 136 Å². The van der Waals surface area contributed by atoms with Gasteiger partial charge in [0, 0.05) is 12.8 Å². The molecule has 29 heavy (non-hydrogen) atoms. The minimum absolute atomic E-state index is 0.00234. The first-order chi connectivity index (χ1) is 14.1. The number of likely N-dealkylation sites (tertiary alicyclic amines) is 1. The van der Waals surface area contributed by atoms with Crippen LogP contribution in [-0.4, -0.2) is 22.8 Å². The van der Waals surface area contributed by atoms with Gasteiger partial charge in [-0.3, -0.25) is 14.5 Å². The lowest BCUT2D eigenvalue weighted by Crippen LogP contribution is -2.40. The van der Waals surface area contributed by atoms with E-state index in [4.69, 9.17) is 0 Å². The van der Waals surface area contributed by atoms with Gasteiger partial charge < -0.3 is 0 Å². The van der Waals surface area contributed by atoms with Gasteiger partial charge in [0.05, 0.1) is 6.04 Å². The minimum Gasteiger partial charge on any atom is -0.275 e. The van der Waals surface area contributed by atoms with Crippen LogP contribution in [-0.2, 0) is 9.59 Å². The Labute approximate surface area is 180 Å². The molecular formula is C26H47NO2. The second-order valence-electron chi connectivity index (χ2n) is 8.94. The summed E-state index contributed by atoms with van der Waals surface area (Å²) in [6, 6.07) is -0.00234. The van der Waals surface area contributed by atoms with Crippen LogP contribution < -0.4 is 0 Å². The molecule has 0 spiro atoms. The van der Waals surface area contributed by atoms with E-state index >= 15 is 0 Å². The van der Waals surface area contributed by atoms with E-state index in [0.717, 1.165) is 19.3 Å². The molecule has 0 radical (unpaired) electrons. The Hall–Kier alpha value is -1.12. The van der Waals surface area contributed by atoms with Gasteiger partial charge in [-0.15, -0.1) is 0 Å². The van der Waals surface area contributed by atoms with Gasteiger partial charge in [0.15, 0.2) is 0 Å². The number of unbranched alkanes of at least 4 members (excludes halogenated alkanes) is 13. The van der Waals surface area contributed by atoms with E-state index in [9.17, 15) is 9.59 Å². The van der Waals surface area contributed by atoms with Crippen LogP contribution in [0.2, 0.25) is 0 Å². The summed E-state index contributed by atoms with van der Waals surface area (Å²) in [4.78, 5) is 26.1. The molecule has 0 aromatic heterocycles. The predicted octanol–water partition coefficient (Wildman–Crippen LogP) is 7.73. The molecule has 0 N–H and O–H groups in total. The second-order valence-corrected chi connectivity index (χ2v) is 8.94. The van der Waals surface area contributed by atoms with E-state index < -0.39 is 0 Å². The quantitative estimate of drug-likeness (QED) is 0.133. The van der Waals surface area contributed by atoms with Crippen LogP contribution in [0.15, 0.2) is 11.6 Å². The maximum atomic E-state index is 12.3. The van der Waals surface area contributed by atoms with Crippen molar-refractivity contribution in [1.82, 2.24) is 4.90 Å². The number of carbonyl (C=O) groups excluding carboxylic acids is 2. The molecule has 1 heterocycles. The molecule has 1 aliphatic rings. The lowest BCUT2D eigenvalue weighted by molar-refractivity contribution is -0.140. The number of hydrogen-bond acceptors (Lipinski definition) is 2. The Kier molecular flexibility index (Phi) is 14.9. The number of rotatable bonds is 18. The first kappa shape index (κ1) is 25.9. The van der Waals surface area contributed by atoms with Crippen LogP contribution in [0.25, 0.3) is 0 Å². The minimum atomic E-state index is -0.00234. The van der Waals surface area contributed by atoms with Crippen molar-refractivity contribution in [1.29, 1.82) is 0 Å². The Bertz CT molecular complexity index is 467. The molecule has 1 atom stereocenters. The zero-order valence-electron chi connectivity index (χ0n) is 19.6. The topological polar surface area (TPSA) is 37.4 Å². The van der Waals surface area contributed by atoms with Gasteiger partial charge in [-0.1, -0.05) is 115 Å². The molecule has 1 saturated heterocycles. The van der Waals surface area contributed by atoms with E-state index in [1.54, 1.807) is 4.90 Å². The largest absolute Gasteiger partial charge is 0.275 e. The maximum Gasteiger partial charge on any atom is 0.230 e. The summed E-state index contributed by atoms with van der Waals surface area (Å²) in [7, 11) is 0. The van der Waals surface area contributed by atoms with Crippen LogP contribution in [0.4, 0.5) is 0 Å². The molecule has 3 nitrogen and oxygen atoms in total. The van der Waals surface area contributed by atoms with Crippen LogP contribution in [0.3, 0.4) is 0 Å².